The van der Waals surface area contributed by atoms with Crippen molar-refractivity contribution in [2.24, 2.45) is 12.8 Å². The van der Waals surface area contributed by atoms with Crippen LogP contribution in [0.3, 0.4) is 0 Å². The summed E-state index contributed by atoms with van der Waals surface area (Å²) in [6.45, 7) is 0.504. The zero-order valence-corrected chi connectivity index (χ0v) is 8.85. The van der Waals surface area contributed by atoms with E-state index in [4.69, 9.17) is 5.73 Å². The number of nitrogens with zero attached hydrogens (tertiary/aromatic N) is 1. The first-order valence-electron chi connectivity index (χ1n) is 5.16. The molecule has 0 aliphatic rings. The van der Waals surface area contributed by atoms with Gasteiger partial charge in [-0.15, -0.1) is 0 Å². The molecule has 3 nitrogen and oxygen atoms in total. The number of benzene rings is 1. The third-order valence-corrected chi connectivity index (χ3v) is 2.76. The van der Waals surface area contributed by atoms with E-state index in [1.54, 1.807) is 0 Å². The Bertz CT molecular complexity index is 462. The molecule has 0 aliphatic carbocycles. The van der Waals surface area contributed by atoms with E-state index >= 15 is 0 Å². The molecule has 1 atom stereocenters. The highest BCUT2D eigenvalue weighted by Gasteiger charge is 2.11. The number of nitrogens with two attached hydrogens (primary N) is 1. The summed E-state index contributed by atoms with van der Waals surface area (Å²) < 4.78 is 2.05. The second kappa shape index (κ2) is 4.04. The van der Waals surface area contributed by atoms with Gasteiger partial charge in [0.15, 0.2) is 0 Å². The topological polar surface area (TPSA) is 51.2 Å². The summed E-state index contributed by atoms with van der Waals surface area (Å²) in [4.78, 5) is 0. The second-order valence-electron chi connectivity index (χ2n) is 3.80. The Labute approximate surface area is 89.1 Å². The molecule has 0 aliphatic heterocycles. The van der Waals surface area contributed by atoms with Crippen molar-refractivity contribution in [3.05, 3.63) is 36.0 Å². The molecule has 1 aromatic carbocycles. The minimum atomic E-state index is -0.457. The van der Waals surface area contributed by atoms with Crippen LogP contribution in [-0.2, 0) is 7.05 Å². The summed E-state index contributed by atoms with van der Waals surface area (Å²) >= 11 is 0. The Morgan fingerprint density at radius 2 is 2.20 bits per heavy atom. The monoisotopic (exact) mass is 204 g/mol. The fourth-order valence-electron chi connectivity index (χ4n) is 1.93. The summed E-state index contributed by atoms with van der Waals surface area (Å²) in [7, 11) is 2.00. The van der Waals surface area contributed by atoms with Crippen LogP contribution in [0.1, 0.15) is 18.1 Å². The molecule has 0 amide bonds. The lowest BCUT2D eigenvalue weighted by molar-refractivity contribution is 0.172. The van der Waals surface area contributed by atoms with Gasteiger partial charge in [-0.25, -0.2) is 0 Å². The van der Waals surface area contributed by atoms with Crippen molar-refractivity contribution in [1.29, 1.82) is 0 Å². The van der Waals surface area contributed by atoms with E-state index in [1.165, 1.54) is 0 Å². The van der Waals surface area contributed by atoms with Gasteiger partial charge >= 0.3 is 0 Å². The van der Waals surface area contributed by atoms with Crippen molar-refractivity contribution in [3.8, 4) is 0 Å². The Kier molecular flexibility index (Phi) is 2.75. The molecule has 1 aromatic heterocycles. The number of aromatic nitrogens is 1. The van der Waals surface area contributed by atoms with Crippen LogP contribution in [0.2, 0.25) is 0 Å². The first-order valence-corrected chi connectivity index (χ1v) is 5.16. The lowest BCUT2D eigenvalue weighted by Gasteiger charge is -2.11. The van der Waals surface area contributed by atoms with E-state index in [2.05, 4.69) is 0 Å². The lowest BCUT2D eigenvalue weighted by atomic mass is 10.0. The molecule has 0 spiro atoms. The average molecular weight is 204 g/mol. The van der Waals surface area contributed by atoms with Gasteiger partial charge in [0, 0.05) is 24.1 Å². The van der Waals surface area contributed by atoms with Crippen molar-refractivity contribution < 1.29 is 5.11 Å². The highest BCUT2D eigenvalue weighted by atomic mass is 16.3. The van der Waals surface area contributed by atoms with E-state index in [0.717, 1.165) is 16.5 Å². The minimum absolute atomic E-state index is 0.457. The van der Waals surface area contributed by atoms with E-state index < -0.39 is 6.10 Å². The van der Waals surface area contributed by atoms with Gasteiger partial charge in [0.25, 0.3) is 0 Å². The molecule has 1 heterocycles. The SMILES string of the molecule is Cn1ccc2c(C(O)CCN)cccc21. The fourth-order valence-corrected chi connectivity index (χ4v) is 1.93. The molecule has 80 valence electrons. The number of hydrogen-bond acceptors (Lipinski definition) is 2. The zero-order chi connectivity index (χ0) is 10.8. The van der Waals surface area contributed by atoms with Crippen molar-refractivity contribution in [2.45, 2.75) is 12.5 Å². The van der Waals surface area contributed by atoms with Gasteiger partial charge in [-0.1, -0.05) is 12.1 Å². The fraction of sp³-hybridized carbons (Fsp3) is 0.333. The van der Waals surface area contributed by atoms with Crippen LogP contribution in [0.15, 0.2) is 30.5 Å². The Morgan fingerprint density at radius 1 is 1.40 bits per heavy atom. The standard InChI is InChI=1S/C12H16N2O/c1-14-8-6-9-10(12(15)5-7-13)3-2-4-11(9)14/h2-4,6,8,12,15H,5,7,13H2,1H3. The van der Waals surface area contributed by atoms with Crippen molar-refractivity contribution in [2.75, 3.05) is 6.54 Å². The molecule has 2 rings (SSSR count). The number of hydrogen-bond donors (Lipinski definition) is 2. The summed E-state index contributed by atoms with van der Waals surface area (Å²) in [6, 6.07) is 8.01. The van der Waals surface area contributed by atoms with Gasteiger partial charge in [0.05, 0.1) is 6.10 Å². The quantitative estimate of drug-likeness (QED) is 0.797. The van der Waals surface area contributed by atoms with Crippen LogP contribution in [0.25, 0.3) is 10.9 Å². The third-order valence-electron chi connectivity index (χ3n) is 2.76. The number of rotatable bonds is 3. The van der Waals surface area contributed by atoms with Crippen LogP contribution in [0, 0.1) is 0 Å². The predicted molar refractivity (Wildman–Crippen MR) is 61.6 cm³/mol. The van der Waals surface area contributed by atoms with E-state index in [-0.39, 0.29) is 0 Å². The number of aliphatic hydroxyl groups is 1. The molecule has 2 aromatic rings. The smallest absolute Gasteiger partial charge is 0.0808 e. The maximum atomic E-state index is 9.94. The molecule has 0 radical (unpaired) electrons. The van der Waals surface area contributed by atoms with Gasteiger partial charge in [0.2, 0.25) is 0 Å². The van der Waals surface area contributed by atoms with E-state index in [0.29, 0.717) is 13.0 Å². The maximum Gasteiger partial charge on any atom is 0.0808 e. The predicted octanol–water partition coefficient (Wildman–Crippen LogP) is 1.56. The Morgan fingerprint density at radius 3 is 2.93 bits per heavy atom. The summed E-state index contributed by atoms with van der Waals surface area (Å²) in [6.07, 6.45) is 2.15. The van der Waals surface area contributed by atoms with Crippen LogP contribution in [0.4, 0.5) is 0 Å². The number of fused-ring (bicyclic) bond motifs is 1. The second-order valence-corrected chi connectivity index (χ2v) is 3.80. The van der Waals surface area contributed by atoms with Crippen molar-refractivity contribution >= 4 is 10.9 Å². The van der Waals surface area contributed by atoms with Crippen LogP contribution < -0.4 is 5.73 Å². The minimum Gasteiger partial charge on any atom is -0.388 e. The number of aryl methyl sites for hydroxylation is 1. The van der Waals surface area contributed by atoms with Crippen LogP contribution >= 0.6 is 0 Å². The molecule has 0 bridgehead atoms. The van der Waals surface area contributed by atoms with Gasteiger partial charge in [0.1, 0.15) is 0 Å². The molecule has 1 unspecified atom stereocenters. The Balaban J connectivity index is 2.51. The van der Waals surface area contributed by atoms with E-state index in [1.807, 2.05) is 42.1 Å². The van der Waals surface area contributed by atoms with Crippen LogP contribution in [-0.4, -0.2) is 16.2 Å². The van der Waals surface area contributed by atoms with Crippen molar-refractivity contribution in [1.82, 2.24) is 4.57 Å². The van der Waals surface area contributed by atoms with Gasteiger partial charge in [-0.05, 0) is 30.7 Å². The molecular weight excluding hydrogens is 188 g/mol. The molecule has 3 N–H and O–H groups in total. The summed E-state index contributed by atoms with van der Waals surface area (Å²) in [5.41, 5.74) is 7.56. The maximum absolute atomic E-state index is 9.94. The molecule has 0 saturated carbocycles. The summed E-state index contributed by atoms with van der Waals surface area (Å²) in [5.74, 6) is 0. The van der Waals surface area contributed by atoms with E-state index in [9.17, 15) is 5.11 Å². The first-order chi connectivity index (χ1) is 7.24. The Hall–Kier alpha value is -1.32. The van der Waals surface area contributed by atoms with Gasteiger partial charge in [-0.3, -0.25) is 0 Å². The van der Waals surface area contributed by atoms with Gasteiger partial charge in [-0.2, -0.15) is 0 Å². The first kappa shape index (κ1) is 10.2. The molecule has 15 heavy (non-hydrogen) atoms. The summed E-state index contributed by atoms with van der Waals surface area (Å²) in [5, 5.41) is 11.1. The van der Waals surface area contributed by atoms with Crippen LogP contribution in [0.5, 0.6) is 0 Å². The molecule has 0 fully saturated rings. The molecule has 0 saturated heterocycles. The highest BCUT2D eigenvalue weighted by molar-refractivity contribution is 5.83. The normalized spacial score (nSPS) is 13.3. The lowest BCUT2D eigenvalue weighted by Crippen LogP contribution is -2.06. The highest BCUT2D eigenvalue weighted by Crippen LogP contribution is 2.26. The third kappa shape index (κ3) is 1.76. The zero-order valence-electron chi connectivity index (χ0n) is 8.85. The van der Waals surface area contributed by atoms with Gasteiger partial charge < -0.3 is 15.4 Å². The average Bonchev–Trinajstić information content (AvgIpc) is 2.61. The number of aliphatic hydroxyl groups excluding tert-OH is 1. The molecule has 3 heteroatoms. The molecular formula is C12H16N2O. The van der Waals surface area contributed by atoms with Crippen molar-refractivity contribution in [3.63, 3.8) is 0 Å². The largest absolute Gasteiger partial charge is 0.388 e.